The Labute approximate surface area is 143 Å². The van der Waals surface area contributed by atoms with Crippen molar-refractivity contribution in [2.75, 3.05) is 20.4 Å². The molecule has 1 aliphatic carbocycles. The summed E-state index contributed by atoms with van der Waals surface area (Å²) in [6, 6.07) is 6.11. The highest BCUT2D eigenvalue weighted by atomic mass is 32.2. The van der Waals surface area contributed by atoms with E-state index in [4.69, 9.17) is 10.5 Å². The van der Waals surface area contributed by atoms with Gasteiger partial charge in [-0.2, -0.15) is 0 Å². The maximum atomic E-state index is 12.8. The van der Waals surface area contributed by atoms with E-state index >= 15 is 0 Å². The number of thioether (sulfide) groups is 1. The Balaban J connectivity index is 2.09. The van der Waals surface area contributed by atoms with E-state index in [0.29, 0.717) is 6.54 Å². The zero-order valence-corrected chi connectivity index (χ0v) is 15.4. The van der Waals surface area contributed by atoms with E-state index in [1.54, 1.807) is 23.8 Å². The highest BCUT2D eigenvalue weighted by molar-refractivity contribution is 7.98. The third-order valence-electron chi connectivity index (χ3n) is 4.80. The van der Waals surface area contributed by atoms with Gasteiger partial charge in [0.2, 0.25) is 5.91 Å². The van der Waals surface area contributed by atoms with Crippen molar-refractivity contribution in [1.82, 2.24) is 4.90 Å². The Morgan fingerprint density at radius 2 is 2.22 bits per heavy atom. The summed E-state index contributed by atoms with van der Waals surface area (Å²) in [4.78, 5) is 15.7. The minimum Gasteiger partial charge on any atom is -0.496 e. The van der Waals surface area contributed by atoms with Gasteiger partial charge in [0.25, 0.3) is 0 Å². The molecule has 23 heavy (non-hydrogen) atoms. The maximum Gasteiger partial charge on any atom is 0.227 e. The minimum atomic E-state index is -0.385. The number of carbonyl (C=O) groups is 1. The topological polar surface area (TPSA) is 55.6 Å². The number of hydrogen-bond acceptors (Lipinski definition) is 4. The molecule has 5 heteroatoms. The number of carbonyl (C=O) groups excluding carboxylic acids is 1. The minimum absolute atomic E-state index is 0.0754. The molecule has 128 valence electrons. The highest BCUT2D eigenvalue weighted by Gasteiger charge is 2.39. The molecular weight excluding hydrogens is 308 g/mol. The van der Waals surface area contributed by atoms with Crippen molar-refractivity contribution in [2.24, 2.45) is 11.7 Å². The first-order valence-corrected chi connectivity index (χ1v) is 9.36. The number of nitrogens with zero attached hydrogens (tertiary/aromatic N) is 1. The van der Waals surface area contributed by atoms with E-state index in [2.05, 4.69) is 6.07 Å². The smallest absolute Gasteiger partial charge is 0.227 e. The van der Waals surface area contributed by atoms with Gasteiger partial charge in [-0.25, -0.2) is 0 Å². The summed E-state index contributed by atoms with van der Waals surface area (Å²) in [7, 11) is 3.54. The summed E-state index contributed by atoms with van der Waals surface area (Å²) >= 11 is 1.65. The summed E-state index contributed by atoms with van der Waals surface area (Å²) in [6.07, 6.45) is 6.05. The van der Waals surface area contributed by atoms with E-state index in [0.717, 1.165) is 41.9 Å². The van der Waals surface area contributed by atoms with Crippen molar-refractivity contribution in [1.29, 1.82) is 0 Å². The first-order chi connectivity index (χ1) is 10.9. The maximum absolute atomic E-state index is 12.8. The molecule has 1 aromatic rings. The molecule has 0 radical (unpaired) electrons. The van der Waals surface area contributed by atoms with Gasteiger partial charge >= 0.3 is 0 Å². The molecule has 1 aromatic carbocycles. The SMILES string of the molecule is COc1cc(CN(C)C(=O)C2CCCCC2(C)N)ccc1SC. The number of rotatable bonds is 5. The van der Waals surface area contributed by atoms with Crippen LogP contribution in [-0.4, -0.2) is 36.8 Å². The third kappa shape index (κ3) is 4.21. The second-order valence-electron chi connectivity index (χ2n) is 6.69. The standard InChI is InChI=1S/C18H28N2O2S/c1-18(19)10-6-5-7-14(18)17(21)20(2)12-13-8-9-16(23-4)15(11-13)22-3/h8-9,11,14H,5-7,10,12,19H2,1-4H3. The Hall–Kier alpha value is -1.20. The Bertz CT molecular complexity index is 560. The third-order valence-corrected chi connectivity index (χ3v) is 5.57. The molecule has 0 saturated heterocycles. The van der Waals surface area contributed by atoms with Crippen LogP contribution in [0.5, 0.6) is 5.75 Å². The van der Waals surface area contributed by atoms with Crippen LogP contribution in [0.1, 0.15) is 38.2 Å². The van der Waals surface area contributed by atoms with Crippen LogP contribution in [0.25, 0.3) is 0 Å². The van der Waals surface area contributed by atoms with Gasteiger partial charge in [0.15, 0.2) is 0 Å². The van der Waals surface area contributed by atoms with Gasteiger partial charge in [0, 0.05) is 24.0 Å². The molecule has 1 aliphatic rings. The Kier molecular flexibility index (Phi) is 5.98. The molecule has 0 heterocycles. The summed E-state index contributed by atoms with van der Waals surface area (Å²) in [5, 5.41) is 0. The number of benzene rings is 1. The largest absolute Gasteiger partial charge is 0.496 e. The van der Waals surface area contributed by atoms with Crippen LogP contribution in [0.3, 0.4) is 0 Å². The average molecular weight is 337 g/mol. The molecular formula is C18H28N2O2S. The van der Waals surface area contributed by atoms with E-state index in [1.807, 2.05) is 32.4 Å². The van der Waals surface area contributed by atoms with E-state index < -0.39 is 0 Å². The van der Waals surface area contributed by atoms with Crippen LogP contribution < -0.4 is 10.5 Å². The molecule has 0 bridgehead atoms. The van der Waals surface area contributed by atoms with Crippen molar-refractivity contribution in [3.8, 4) is 5.75 Å². The van der Waals surface area contributed by atoms with Crippen molar-refractivity contribution in [3.05, 3.63) is 23.8 Å². The van der Waals surface area contributed by atoms with Crippen LogP contribution >= 0.6 is 11.8 Å². The van der Waals surface area contributed by atoms with E-state index in [1.165, 1.54) is 0 Å². The zero-order chi connectivity index (χ0) is 17.0. The normalized spacial score (nSPS) is 24.3. The quantitative estimate of drug-likeness (QED) is 0.838. The van der Waals surface area contributed by atoms with Gasteiger partial charge in [0.1, 0.15) is 5.75 Å². The Morgan fingerprint density at radius 1 is 1.48 bits per heavy atom. The predicted octanol–water partition coefficient (Wildman–Crippen LogP) is 3.28. The zero-order valence-electron chi connectivity index (χ0n) is 14.6. The van der Waals surface area contributed by atoms with E-state index in [9.17, 15) is 4.79 Å². The summed E-state index contributed by atoms with van der Waals surface area (Å²) in [5.74, 6) is 0.938. The average Bonchev–Trinajstić information content (AvgIpc) is 2.53. The van der Waals surface area contributed by atoms with Gasteiger partial charge in [-0.05, 0) is 43.7 Å². The second-order valence-corrected chi connectivity index (χ2v) is 7.54. The van der Waals surface area contributed by atoms with Crippen LogP contribution in [-0.2, 0) is 11.3 Å². The van der Waals surface area contributed by atoms with Crippen LogP contribution in [0.15, 0.2) is 23.1 Å². The van der Waals surface area contributed by atoms with E-state index in [-0.39, 0.29) is 17.4 Å². The highest BCUT2D eigenvalue weighted by Crippen LogP contribution is 2.33. The number of amides is 1. The molecule has 0 aromatic heterocycles. The molecule has 2 rings (SSSR count). The van der Waals surface area contributed by atoms with Crippen molar-refractivity contribution >= 4 is 17.7 Å². The van der Waals surface area contributed by atoms with Gasteiger partial charge in [-0.3, -0.25) is 4.79 Å². The molecule has 1 fully saturated rings. The molecule has 1 saturated carbocycles. The predicted molar refractivity (Wildman–Crippen MR) is 95.8 cm³/mol. The molecule has 0 aliphatic heterocycles. The van der Waals surface area contributed by atoms with Gasteiger partial charge < -0.3 is 15.4 Å². The lowest BCUT2D eigenvalue weighted by Gasteiger charge is -2.39. The van der Waals surface area contributed by atoms with Crippen molar-refractivity contribution in [3.63, 3.8) is 0 Å². The Morgan fingerprint density at radius 3 is 2.83 bits per heavy atom. The number of methoxy groups -OCH3 is 1. The second kappa shape index (κ2) is 7.58. The fraction of sp³-hybridized carbons (Fsp3) is 0.611. The fourth-order valence-corrected chi connectivity index (χ4v) is 3.91. The molecule has 2 atom stereocenters. The van der Waals surface area contributed by atoms with Gasteiger partial charge in [0.05, 0.1) is 13.0 Å². The molecule has 2 N–H and O–H groups in total. The lowest BCUT2D eigenvalue weighted by Crippen LogP contribution is -2.53. The van der Waals surface area contributed by atoms with Crippen molar-refractivity contribution < 1.29 is 9.53 Å². The summed E-state index contributed by atoms with van der Waals surface area (Å²) < 4.78 is 5.42. The number of nitrogens with two attached hydrogens (primary N) is 1. The van der Waals surface area contributed by atoms with Crippen LogP contribution in [0, 0.1) is 5.92 Å². The molecule has 1 amide bonds. The van der Waals surface area contributed by atoms with Crippen LogP contribution in [0.2, 0.25) is 0 Å². The fourth-order valence-electron chi connectivity index (χ4n) is 3.36. The summed E-state index contributed by atoms with van der Waals surface area (Å²) in [6.45, 7) is 2.59. The molecule has 0 spiro atoms. The number of hydrogen-bond donors (Lipinski definition) is 1. The molecule has 4 nitrogen and oxygen atoms in total. The first-order valence-electron chi connectivity index (χ1n) is 8.14. The lowest BCUT2D eigenvalue weighted by molar-refractivity contribution is -0.138. The van der Waals surface area contributed by atoms with Gasteiger partial charge in [-0.15, -0.1) is 11.8 Å². The lowest BCUT2D eigenvalue weighted by atomic mass is 9.74. The number of ether oxygens (including phenoxy) is 1. The first kappa shape index (κ1) is 18.1. The van der Waals surface area contributed by atoms with Gasteiger partial charge in [-0.1, -0.05) is 18.9 Å². The van der Waals surface area contributed by atoms with Crippen molar-refractivity contribution in [2.45, 2.75) is 49.6 Å². The summed E-state index contributed by atoms with van der Waals surface area (Å²) in [5.41, 5.74) is 7.06. The van der Waals surface area contributed by atoms with Crippen LogP contribution in [0.4, 0.5) is 0 Å². The monoisotopic (exact) mass is 336 g/mol. The molecule has 2 unspecified atom stereocenters.